The van der Waals surface area contributed by atoms with Crippen molar-refractivity contribution in [2.45, 2.75) is 57.3 Å². The molecule has 110 valence electrons. The quantitative estimate of drug-likeness (QED) is 0.893. The van der Waals surface area contributed by atoms with Crippen LogP contribution in [0, 0.1) is 0 Å². The fourth-order valence-electron chi connectivity index (χ4n) is 3.39. The summed E-state index contributed by atoms with van der Waals surface area (Å²) in [5.74, 6) is 0. The first-order chi connectivity index (χ1) is 9.54. The van der Waals surface area contributed by atoms with E-state index in [1.807, 2.05) is 18.2 Å². The lowest BCUT2D eigenvalue weighted by atomic mass is 10.1. The van der Waals surface area contributed by atoms with Gasteiger partial charge in [-0.05, 0) is 50.8 Å². The third-order valence-electron chi connectivity index (χ3n) is 4.55. The Kier molecular flexibility index (Phi) is 4.28. The second-order valence-electron chi connectivity index (χ2n) is 6.26. The first-order valence-corrected chi connectivity index (χ1v) is 8.27. The summed E-state index contributed by atoms with van der Waals surface area (Å²) in [6.45, 7) is 5.70. The van der Waals surface area contributed by atoms with Crippen molar-refractivity contribution in [2.75, 3.05) is 6.54 Å². The zero-order valence-corrected chi connectivity index (χ0v) is 13.6. The Morgan fingerprint density at radius 1 is 1.30 bits per heavy atom. The first kappa shape index (κ1) is 14.6. The molecule has 4 heteroatoms. The number of halogens is 2. The lowest BCUT2D eigenvalue weighted by Gasteiger charge is -2.22. The number of hydrogen-bond donors (Lipinski definition) is 1. The van der Waals surface area contributed by atoms with Gasteiger partial charge in [-0.3, -0.25) is 4.90 Å². The summed E-state index contributed by atoms with van der Waals surface area (Å²) in [6.07, 6.45) is 4.00. The van der Waals surface area contributed by atoms with Gasteiger partial charge in [0.05, 0.1) is 0 Å². The molecule has 1 aliphatic heterocycles. The molecule has 3 atom stereocenters. The molecule has 0 bridgehead atoms. The van der Waals surface area contributed by atoms with Gasteiger partial charge in [0.15, 0.2) is 0 Å². The molecule has 1 aromatic rings. The highest BCUT2D eigenvalue weighted by Gasteiger charge is 2.38. The summed E-state index contributed by atoms with van der Waals surface area (Å²) < 4.78 is 0. The summed E-state index contributed by atoms with van der Waals surface area (Å²) in [6, 6.07) is 8.14. The highest BCUT2D eigenvalue weighted by molar-refractivity contribution is 6.35. The maximum atomic E-state index is 6.29. The monoisotopic (exact) mass is 312 g/mol. The van der Waals surface area contributed by atoms with Gasteiger partial charge in [-0.1, -0.05) is 29.3 Å². The van der Waals surface area contributed by atoms with E-state index in [0.717, 1.165) is 16.6 Å². The molecule has 0 radical (unpaired) electrons. The van der Waals surface area contributed by atoms with Crippen LogP contribution < -0.4 is 5.32 Å². The molecule has 1 aliphatic carbocycles. The van der Waals surface area contributed by atoms with E-state index < -0.39 is 0 Å². The molecule has 20 heavy (non-hydrogen) atoms. The van der Waals surface area contributed by atoms with Crippen molar-refractivity contribution < 1.29 is 0 Å². The van der Waals surface area contributed by atoms with Crippen molar-refractivity contribution in [3.05, 3.63) is 33.8 Å². The van der Waals surface area contributed by atoms with Crippen LogP contribution in [0.1, 0.15) is 44.7 Å². The van der Waals surface area contributed by atoms with Crippen LogP contribution in [0.25, 0.3) is 0 Å². The molecular formula is C16H22Cl2N2. The summed E-state index contributed by atoms with van der Waals surface area (Å²) in [5.41, 5.74) is 1.13. The number of benzene rings is 1. The van der Waals surface area contributed by atoms with Gasteiger partial charge in [-0.2, -0.15) is 0 Å². The summed E-state index contributed by atoms with van der Waals surface area (Å²) in [4.78, 5) is 2.66. The summed E-state index contributed by atoms with van der Waals surface area (Å²) >= 11 is 12.3. The van der Waals surface area contributed by atoms with E-state index >= 15 is 0 Å². The summed E-state index contributed by atoms with van der Waals surface area (Å²) in [7, 11) is 0. The van der Waals surface area contributed by atoms with Crippen molar-refractivity contribution in [3.63, 3.8) is 0 Å². The van der Waals surface area contributed by atoms with Gasteiger partial charge >= 0.3 is 0 Å². The van der Waals surface area contributed by atoms with E-state index in [0.29, 0.717) is 17.1 Å². The van der Waals surface area contributed by atoms with Crippen molar-refractivity contribution in [1.82, 2.24) is 10.2 Å². The molecule has 1 heterocycles. The maximum absolute atomic E-state index is 6.29. The van der Waals surface area contributed by atoms with Crippen LogP contribution in [-0.2, 0) is 0 Å². The molecule has 3 unspecified atom stereocenters. The van der Waals surface area contributed by atoms with Crippen molar-refractivity contribution >= 4 is 23.2 Å². The van der Waals surface area contributed by atoms with Crippen LogP contribution >= 0.6 is 23.2 Å². The van der Waals surface area contributed by atoms with Gasteiger partial charge in [-0.25, -0.2) is 0 Å². The van der Waals surface area contributed by atoms with E-state index in [4.69, 9.17) is 23.2 Å². The topological polar surface area (TPSA) is 15.3 Å². The zero-order valence-electron chi connectivity index (χ0n) is 12.1. The van der Waals surface area contributed by atoms with Crippen LogP contribution in [0.2, 0.25) is 10.0 Å². The number of likely N-dealkylation sites (tertiary alicyclic amines) is 1. The average molecular weight is 313 g/mol. The predicted molar refractivity (Wildman–Crippen MR) is 85.6 cm³/mol. The highest BCUT2D eigenvalue weighted by atomic mass is 35.5. The minimum Gasteiger partial charge on any atom is -0.306 e. The molecule has 1 N–H and O–H groups in total. The van der Waals surface area contributed by atoms with E-state index in [1.165, 1.54) is 25.8 Å². The minimum atomic E-state index is 0.260. The Morgan fingerprint density at radius 2 is 2.05 bits per heavy atom. The van der Waals surface area contributed by atoms with Gasteiger partial charge in [0.25, 0.3) is 0 Å². The van der Waals surface area contributed by atoms with Crippen LogP contribution in [0.5, 0.6) is 0 Å². The second kappa shape index (κ2) is 5.84. The normalized spacial score (nSPS) is 28.8. The third kappa shape index (κ3) is 3.14. The largest absolute Gasteiger partial charge is 0.306 e. The molecule has 3 rings (SSSR count). The van der Waals surface area contributed by atoms with Gasteiger partial charge in [0.1, 0.15) is 0 Å². The van der Waals surface area contributed by atoms with E-state index in [1.54, 1.807) is 0 Å². The lowest BCUT2D eigenvalue weighted by Crippen LogP contribution is -2.35. The van der Waals surface area contributed by atoms with Crippen LogP contribution in [-0.4, -0.2) is 29.6 Å². The average Bonchev–Trinajstić information content (AvgIpc) is 3.14. The lowest BCUT2D eigenvalue weighted by molar-refractivity contribution is 0.254. The van der Waals surface area contributed by atoms with Crippen molar-refractivity contribution in [3.8, 4) is 0 Å². The van der Waals surface area contributed by atoms with Gasteiger partial charge < -0.3 is 5.32 Å². The number of nitrogens with one attached hydrogen (secondary N) is 1. The molecule has 2 aliphatic rings. The molecule has 0 amide bonds. The Bertz CT molecular complexity index is 487. The molecule has 1 aromatic carbocycles. The zero-order chi connectivity index (χ0) is 14.3. The fourth-order valence-corrected chi connectivity index (χ4v) is 3.96. The molecule has 0 spiro atoms. The minimum absolute atomic E-state index is 0.260. The Hall–Kier alpha value is -0.280. The molecule has 2 fully saturated rings. The highest BCUT2D eigenvalue weighted by Crippen LogP contribution is 2.34. The van der Waals surface area contributed by atoms with Gasteiger partial charge in [-0.15, -0.1) is 0 Å². The maximum Gasteiger partial charge on any atom is 0.0468 e. The summed E-state index contributed by atoms with van der Waals surface area (Å²) in [5, 5.41) is 5.18. The van der Waals surface area contributed by atoms with Gasteiger partial charge in [0.2, 0.25) is 0 Å². The van der Waals surface area contributed by atoms with E-state index in [-0.39, 0.29) is 6.04 Å². The molecular weight excluding hydrogens is 291 g/mol. The fraction of sp³-hybridized carbons (Fsp3) is 0.625. The molecule has 0 aromatic heterocycles. The number of nitrogens with zero attached hydrogens (tertiary/aromatic N) is 1. The second-order valence-corrected chi connectivity index (χ2v) is 7.11. The van der Waals surface area contributed by atoms with E-state index in [2.05, 4.69) is 24.1 Å². The van der Waals surface area contributed by atoms with E-state index in [9.17, 15) is 0 Å². The first-order valence-electron chi connectivity index (χ1n) is 7.51. The molecule has 1 saturated carbocycles. The SMILES string of the molecule is CC(NC1CC(C)N(C2CC2)C1)c1ccc(Cl)cc1Cl. The van der Waals surface area contributed by atoms with Crippen LogP contribution in [0.4, 0.5) is 0 Å². The Balaban J connectivity index is 1.62. The van der Waals surface area contributed by atoms with Crippen LogP contribution in [0.3, 0.4) is 0 Å². The molecule has 2 nitrogen and oxygen atoms in total. The third-order valence-corrected chi connectivity index (χ3v) is 5.12. The number of rotatable bonds is 4. The van der Waals surface area contributed by atoms with Crippen LogP contribution in [0.15, 0.2) is 18.2 Å². The Morgan fingerprint density at radius 3 is 2.70 bits per heavy atom. The smallest absolute Gasteiger partial charge is 0.0468 e. The predicted octanol–water partition coefficient (Wildman–Crippen LogP) is 4.27. The van der Waals surface area contributed by atoms with Crippen molar-refractivity contribution in [2.24, 2.45) is 0 Å². The standard InChI is InChI=1S/C16H22Cl2N2/c1-10-7-13(9-20(10)14-4-5-14)19-11(2)15-6-3-12(17)8-16(15)18/h3,6,8,10-11,13-14,19H,4-5,7,9H2,1-2H3. The van der Waals surface area contributed by atoms with Crippen molar-refractivity contribution in [1.29, 1.82) is 0 Å². The molecule has 1 saturated heterocycles. The Labute approximate surface area is 131 Å². The number of hydrogen-bond acceptors (Lipinski definition) is 2. The van der Waals surface area contributed by atoms with Gasteiger partial charge in [0, 0.05) is 40.8 Å².